The molecule has 1 fully saturated rings. The first-order chi connectivity index (χ1) is 6.77. The van der Waals surface area contributed by atoms with E-state index in [0.717, 1.165) is 12.0 Å². The van der Waals surface area contributed by atoms with Crippen LogP contribution in [0.1, 0.15) is 37.4 Å². The molecule has 1 saturated carbocycles. The zero-order valence-corrected chi connectivity index (χ0v) is 8.74. The molecule has 3 heteroatoms. The fourth-order valence-electron chi connectivity index (χ4n) is 1.83. The molecule has 0 amide bonds. The third-order valence-corrected chi connectivity index (χ3v) is 3.26. The van der Waals surface area contributed by atoms with E-state index in [1.165, 1.54) is 19.3 Å². The van der Waals surface area contributed by atoms with E-state index in [9.17, 15) is 5.11 Å². The summed E-state index contributed by atoms with van der Waals surface area (Å²) in [6, 6.07) is 1.80. The van der Waals surface area contributed by atoms with Crippen molar-refractivity contribution in [1.82, 2.24) is 4.98 Å². The summed E-state index contributed by atoms with van der Waals surface area (Å²) in [5.41, 5.74) is 0.813. The largest absolute Gasteiger partial charge is 0.388 e. The Balaban J connectivity index is 2.02. The second kappa shape index (κ2) is 4.28. The van der Waals surface area contributed by atoms with Crippen LogP contribution in [0.2, 0.25) is 5.02 Å². The number of pyridine rings is 1. The quantitative estimate of drug-likeness (QED) is 0.834. The lowest BCUT2D eigenvalue weighted by Crippen LogP contribution is -2.15. The Morgan fingerprint density at radius 2 is 2.36 bits per heavy atom. The standard InChI is InChI=1S/C11H14ClNO/c12-10-7-13-5-4-9(10)11(14)6-8-2-1-3-8/h4-5,7-8,11,14H,1-3,6H2. The lowest BCUT2D eigenvalue weighted by molar-refractivity contribution is 0.118. The zero-order valence-electron chi connectivity index (χ0n) is 7.99. The van der Waals surface area contributed by atoms with Gasteiger partial charge < -0.3 is 5.11 Å². The van der Waals surface area contributed by atoms with Gasteiger partial charge in [0.15, 0.2) is 0 Å². The second-order valence-corrected chi connectivity index (χ2v) is 4.35. The lowest BCUT2D eigenvalue weighted by atomic mass is 9.80. The van der Waals surface area contributed by atoms with Crippen molar-refractivity contribution in [3.8, 4) is 0 Å². The molecule has 1 aliphatic rings. The number of hydrogen-bond donors (Lipinski definition) is 1. The first kappa shape index (κ1) is 9.94. The van der Waals surface area contributed by atoms with Gasteiger partial charge in [-0.1, -0.05) is 30.9 Å². The average Bonchev–Trinajstić information content (AvgIpc) is 2.12. The maximum absolute atomic E-state index is 9.92. The van der Waals surface area contributed by atoms with Crippen molar-refractivity contribution >= 4 is 11.6 Å². The minimum Gasteiger partial charge on any atom is -0.388 e. The number of aliphatic hydroxyl groups is 1. The molecule has 1 aromatic rings. The van der Waals surface area contributed by atoms with E-state index in [-0.39, 0.29) is 0 Å². The van der Waals surface area contributed by atoms with E-state index >= 15 is 0 Å². The topological polar surface area (TPSA) is 33.1 Å². The molecule has 0 aliphatic heterocycles. The summed E-state index contributed by atoms with van der Waals surface area (Å²) in [5, 5.41) is 10.5. The van der Waals surface area contributed by atoms with Gasteiger partial charge in [-0.3, -0.25) is 4.98 Å². The van der Waals surface area contributed by atoms with Crippen LogP contribution in [-0.2, 0) is 0 Å². The molecule has 1 aromatic heterocycles. The van der Waals surface area contributed by atoms with E-state index in [1.807, 2.05) is 0 Å². The minimum atomic E-state index is -0.421. The monoisotopic (exact) mass is 211 g/mol. The fraction of sp³-hybridized carbons (Fsp3) is 0.545. The summed E-state index contributed by atoms with van der Waals surface area (Å²) in [6.45, 7) is 0. The summed E-state index contributed by atoms with van der Waals surface area (Å²) >= 11 is 5.94. The highest BCUT2D eigenvalue weighted by molar-refractivity contribution is 6.31. The Hall–Kier alpha value is -0.600. The SMILES string of the molecule is OC(CC1CCC1)c1ccncc1Cl. The van der Waals surface area contributed by atoms with Crippen LogP contribution in [-0.4, -0.2) is 10.1 Å². The Morgan fingerprint density at radius 1 is 1.57 bits per heavy atom. The molecule has 0 spiro atoms. The molecule has 14 heavy (non-hydrogen) atoms. The van der Waals surface area contributed by atoms with Gasteiger partial charge in [0, 0.05) is 18.0 Å². The average molecular weight is 212 g/mol. The molecule has 1 unspecified atom stereocenters. The van der Waals surface area contributed by atoms with Gasteiger partial charge in [0.05, 0.1) is 11.1 Å². The van der Waals surface area contributed by atoms with Crippen LogP contribution in [0.4, 0.5) is 0 Å². The second-order valence-electron chi connectivity index (χ2n) is 3.95. The molecule has 1 atom stereocenters. The number of hydrogen-bond acceptors (Lipinski definition) is 2. The van der Waals surface area contributed by atoms with E-state index in [1.54, 1.807) is 18.5 Å². The first-order valence-corrected chi connectivity index (χ1v) is 5.42. The van der Waals surface area contributed by atoms with Gasteiger partial charge in [0.1, 0.15) is 0 Å². The smallest absolute Gasteiger partial charge is 0.0808 e. The van der Waals surface area contributed by atoms with Crippen molar-refractivity contribution in [2.24, 2.45) is 5.92 Å². The van der Waals surface area contributed by atoms with Gasteiger partial charge >= 0.3 is 0 Å². The maximum atomic E-state index is 9.92. The summed E-state index contributed by atoms with van der Waals surface area (Å²) in [5.74, 6) is 0.689. The Labute approximate surface area is 88.9 Å². The van der Waals surface area contributed by atoms with Crippen molar-refractivity contribution in [3.05, 3.63) is 29.0 Å². The van der Waals surface area contributed by atoms with Crippen LogP contribution in [0, 0.1) is 5.92 Å². The molecule has 1 N–H and O–H groups in total. The number of aliphatic hydroxyl groups excluding tert-OH is 1. The molecule has 1 heterocycles. The summed E-state index contributed by atoms with van der Waals surface area (Å²) in [7, 11) is 0. The normalized spacial score (nSPS) is 19.0. The van der Waals surface area contributed by atoms with E-state index in [2.05, 4.69) is 4.98 Å². The molecule has 0 bridgehead atoms. The lowest BCUT2D eigenvalue weighted by Gasteiger charge is -2.27. The van der Waals surface area contributed by atoms with E-state index < -0.39 is 6.10 Å². The molecule has 2 rings (SSSR count). The molecule has 0 aromatic carbocycles. The van der Waals surface area contributed by atoms with E-state index in [0.29, 0.717) is 10.9 Å². The fourth-order valence-corrected chi connectivity index (χ4v) is 2.07. The van der Waals surface area contributed by atoms with Gasteiger partial charge in [-0.25, -0.2) is 0 Å². The molecule has 0 radical (unpaired) electrons. The van der Waals surface area contributed by atoms with E-state index in [4.69, 9.17) is 11.6 Å². The highest BCUT2D eigenvalue weighted by atomic mass is 35.5. The van der Waals surface area contributed by atoms with Crippen LogP contribution in [0.3, 0.4) is 0 Å². The van der Waals surface area contributed by atoms with Crippen LogP contribution >= 0.6 is 11.6 Å². The molecule has 2 nitrogen and oxygen atoms in total. The zero-order chi connectivity index (χ0) is 9.97. The predicted molar refractivity (Wildman–Crippen MR) is 56.2 cm³/mol. The highest BCUT2D eigenvalue weighted by Gasteiger charge is 2.22. The van der Waals surface area contributed by atoms with Gasteiger partial charge in [-0.15, -0.1) is 0 Å². The number of nitrogens with zero attached hydrogens (tertiary/aromatic N) is 1. The minimum absolute atomic E-state index is 0.421. The van der Waals surface area contributed by atoms with Crippen molar-refractivity contribution < 1.29 is 5.11 Å². The molecular weight excluding hydrogens is 198 g/mol. The Bertz CT molecular complexity index is 312. The Morgan fingerprint density at radius 3 is 2.93 bits per heavy atom. The van der Waals surface area contributed by atoms with Crippen molar-refractivity contribution in [2.75, 3.05) is 0 Å². The van der Waals surface area contributed by atoms with Crippen LogP contribution < -0.4 is 0 Å². The number of aromatic nitrogens is 1. The maximum Gasteiger partial charge on any atom is 0.0808 e. The van der Waals surface area contributed by atoms with Crippen molar-refractivity contribution in [2.45, 2.75) is 31.8 Å². The molecule has 1 aliphatic carbocycles. The van der Waals surface area contributed by atoms with Crippen molar-refractivity contribution in [1.29, 1.82) is 0 Å². The Kier molecular flexibility index (Phi) is 3.04. The molecule has 76 valence electrons. The third-order valence-electron chi connectivity index (χ3n) is 2.94. The van der Waals surface area contributed by atoms with Gasteiger partial charge in [-0.2, -0.15) is 0 Å². The first-order valence-electron chi connectivity index (χ1n) is 5.05. The molecule has 0 saturated heterocycles. The van der Waals surface area contributed by atoms with Gasteiger partial charge in [0.25, 0.3) is 0 Å². The third kappa shape index (κ3) is 2.07. The highest BCUT2D eigenvalue weighted by Crippen LogP contribution is 2.36. The molecular formula is C11H14ClNO. The number of halogens is 1. The van der Waals surface area contributed by atoms with Gasteiger partial charge in [-0.05, 0) is 18.4 Å². The predicted octanol–water partition coefficient (Wildman–Crippen LogP) is 2.96. The number of rotatable bonds is 3. The van der Waals surface area contributed by atoms with Crippen LogP contribution in [0.25, 0.3) is 0 Å². The van der Waals surface area contributed by atoms with Crippen molar-refractivity contribution in [3.63, 3.8) is 0 Å². The summed E-state index contributed by atoms with van der Waals surface area (Å²) in [6.07, 6.45) is 7.48. The summed E-state index contributed by atoms with van der Waals surface area (Å²) in [4.78, 5) is 3.90. The summed E-state index contributed by atoms with van der Waals surface area (Å²) < 4.78 is 0. The van der Waals surface area contributed by atoms with Crippen LogP contribution in [0.5, 0.6) is 0 Å². The van der Waals surface area contributed by atoms with Gasteiger partial charge in [0.2, 0.25) is 0 Å². The van der Waals surface area contributed by atoms with Crippen LogP contribution in [0.15, 0.2) is 18.5 Å².